The van der Waals surface area contributed by atoms with Gasteiger partial charge in [-0.05, 0) is 45.6 Å². The van der Waals surface area contributed by atoms with Gasteiger partial charge in [-0.3, -0.25) is 0 Å². The zero-order valence-corrected chi connectivity index (χ0v) is 10.5. The van der Waals surface area contributed by atoms with Crippen LogP contribution in [0.15, 0.2) is 0 Å². The van der Waals surface area contributed by atoms with Gasteiger partial charge in [0.1, 0.15) is 0 Å². The normalized spacial score (nSPS) is 36.6. The summed E-state index contributed by atoms with van der Waals surface area (Å²) in [6.07, 6.45) is 9.28. The lowest BCUT2D eigenvalue weighted by atomic mass is 9.90. The summed E-state index contributed by atoms with van der Waals surface area (Å²) in [6, 6.07) is 1.11. The van der Waals surface area contributed by atoms with Crippen molar-refractivity contribution in [1.29, 1.82) is 0 Å². The van der Waals surface area contributed by atoms with E-state index < -0.39 is 0 Å². The highest BCUT2D eigenvalue weighted by molar-refractivity contribution is 4.82. The molecule has 3 nitrogen and oxygen atoms in total. The van der Waals surface area contributed by atoms with Crippen LogP contribution in [0.25, 0.3) is 0 Å². The third kappa shape index (κ3) is 3.44. The van der Waals surface area contributed by atoms with E-state index in [9.17, 15) is 0 Å². The molecule has 0 aromatic heterocycles. The summed E-state index contributed by atoms with van der Waals surface area (Å²) in [4.78, 5) is 2.48. The molecule has 2 aliphatic rings. The van der Waals surface area contributed by atoms with E-state index in [0.29, 0.717) is 18.2 Å². The first-order valence-electron chi connectivity index (χ1n) is 6.83. The Hall–Kier alpha value is -0.120. The molecule has 94 valence electrons. The van der Waals surface area contributed by atoms with E-state index in [0.717, 1.165) is 13.2 Å². The fraction of sp³-hybridized carbons (Fsp3) is 1.00. The molecule has 1 aliphatic heterocycles. The molecule has 0 radical (unpaired) electrons. The van der Waals surface area contributed by atoms with Gasteiger partial charge in [0.15, 0.2) is 0 Å². The van der Waals surface area contributed by atoms with E-state index in [4.69, 9.17) is 10.5 Å². The van der Waals surface area contributed by atoms with Crippen molar-refractivity contribution in [2.24, 2.45) is 5.73 Å². The maximum atomic E-state index is 6.04. The summed E-state index contributed by atoms with van der Waals surface area (Å²) >= 11 is 0. The van der Waals surface area contributed by atoms with Gasteiger partial charge in [0.05, 0.1) is 6.10 Å². The van der Waals surface area contributed by atoms with Crippen molar-refractivity contribution >= 4 is 0 Å². The van der Waals surface area contributed by atoms with Gasteiger partial charge >= 0.3 is 0 Å². The van der Waals surface area contributed by atoms with E-state index in [2.05, 4.69) is 11.9 Å². The maximum absolute atomic E-state index is 6.04. The number of nitrogens with zero attached hydrogens (tertiary/aromatic N) is 1. The van der Waals surface area contributed by atoms with Gasteiger partial charge < -0.3 is 15.4 Å². The van der Waals surface area contributed by atoms with Gasteiger partial charge in [-0.15, -0.1) is 0 Å². The molecule has 3 unspecified atom stereocenters. The largest absolute Gasteiger partial charge is 0.377 e. The topological polar surface area (TPSA) is 38.5 Å². The molecule has 2 rings (SSSR count). The minimum atomic E-state index is 0.425. The number of hydrogen-bond donors (Lipinski definition) is 1. The first kappa shape index (κ1) is 12.3. The van der Waals surface area contributed by atoms with Gasteiger partial charge in [-0.25, -0.2) is 0 Å². The predicted octanol–water partition coefficient (Wildman–Crippen LogP) is 1.76. The minimum absolute atomic E-state index is 0.425. The van der Waals surface area contributed by atoms with Crippen LogP contribution in [0.3, 0.4) is 0 Å². The molecule has 0 amide bonds. The summed E-state index contributed by atoms with van der Waals surface area (Å²) in [6.45, 7) is 2.06. The van der Waals surface area contributed by atoms with Crippen molar-refractivity contribution in [3.63, 3.8) is 0 Å². The van der Waals surface area contributed by atoms with Crippen molar-refractivity contribution in [3.8, 4) is 0 Å². The summed E-state index contributed by atoms with van der Waals surface area (Å²) in [5.74, 6) is 0. The number of likely N-dealkylation sites (N-methyl/N-ethyl adjacent to an activating group) is 1. The fourth-order valence-electron chi connectivity index (χ4n) is 3.02. The molecule has 0 aromatic rings. The van der Waals surface area contributed by atoms with Crippen LogP contribution in [0.2, 0.25) is 0 Å². The summed E-state index contributed by atoms with van der Waals surface area (Å²) in [7, 11) is 2.24. The van der Waals surface area contributed by atoms with E-state index in [1.165, 1.54) is 44.9 Å². The van der Waals surface area contributed by atoms with Crippen molar-refractivity contribution in [1.82, 2.24) is 4.90 Å². The van der Waals surface area contributed by atoms with Crippen LogP contribution in [0, 0.1) is 0 Å². The molecular formula is C13H26N2O. The quantitative estimate of drug-likeness (QED) is 0.797. The highest BCUT2D eigenvalue weighted by Gasteiger charge is 2.25. The third-order valence-electron chi connectivity index (χ3n) is 4.08. The maximum Gasteiger partial charge on any atom is 0.0702 e. The van der Waals surface area contributed by atoms with Crippen molar-refractivity contribution in [2.45, 2.75) is 63.1 Å². The zero-order chi connectivity index (χ0) is 11.4. The Morgan fingerprint density at radius 3 is 2.75 bits per heavy atom. The molecule has 2 N–H and O–H groups in total. The van der Waals surface area contributed by atoms with Gasteiger partial charge in [-0.1, -0.05) is 6.42 Å². The van der Waals surface area contributed by atoms with E-state index in [1.807, 2.05) is 0 Å². The highest BCUT2D eigenvalue weighted by Crippen LogP contribution is 2.22. The van der Waals surface area contributed by atoms with Crippen LogP contribution in [-0.2, 0) is 4.74 Å². The molecule has 0 aromatic carbocycles. The minimum Gasteiger partial charge on any atom is -0.377 e. The Morgan fingerprint density at radius 2 is 2.06 bits per heavy atom. The number of rotatable bonds is 3. The Bertz CT molecular complexity index is 204. The van der Waals surface area contributed by atoms with Gasteiger partial charge in [0.2, 0.25) is 0 Å². The molecule has 1 heterocycles. The number of hydrogen-bond acceptors (Lipinski definition) is 3. The molecule has 1 aliphatic carbocycles. The Balaban J connectivity index is 1.75. The molecule has 0 bridgehead atoms. The van der Waals surface area contributed by atoms with Crippen molar-refractivity contribution in [3.05, 3.63) is 0 Å². The second-order valence-corrected chi connectivity index (χ2v) is 5.51. The van der Waals surface area contributed by atoms with Crippen LogP contribution in [0.4, 0.5) is 0 Å². The first-order chi connectivity index (χ1) is 7.75. The van der Waals surface area contributed by atoms with Crippen molar-refractivity contribution in [2.75, 3.05) is 20.2 Å². The SMILES string of the molecule is CN(CC1CCCCO1)C1CCCC(N)C1. The molecule has 1 saturated carbocycles. The Morgan fingerprint density at radius 1 is 1.19 bits per heavy atom. The fourth-order valence-corrected chi connectivity index (χ4v) is 3.02. The monoisotopic (exact) mass is 226 g/mol. The predicted molar refractivity (Wildman–Crippen MR) is 66.5 cm³/mol. The van der Waals surface area contributed by atoms with E-state index in [-0.39, 0.29) is 0 Å². The zero-order valence-electron chi connectivity index (χ0n) is 10.5. The molecule has 2 fully saturated rings. The first-order valence-corrected chi connectivity index (χ1v) is 6.83. The average Bonchev–Trinajstić information content (AvgIpc) is 2.30. The van der Waals surface area contributed by atoms with E-state index in [1.54, 1.807) is 0 Å². The molecule has 0 spiro atoms. The molecular weight excluding hydrogens is 200 g/mol. The lowest BCUT2D eigenvalue weighted by Crippen LogP contribution is -2.44. The van der Waals surface area contributed by atoms with Gasteiger partial charge in [0, 0.05) is 25.2 Å². The molecule has 16 heavy (non-hydrogen) atoms. The summed E-state index contributed by atoms with van der Waals surface area (Å²) in [5, 5.41) is 0. The van der Waals surface area contributed by atoms with Crippen LogP contribution in [-0.4, -0.2) is 43.3 Å². The molecule has 3 atom stereocenters. The summed E-state index contributed by atoms with van der Waals surface area (Å²) in [5.41, 5.74) is 6.04. The van der Waals surface area contributed by atoms with Gasteiger partial charge in [0.25, 0.3) is 0 Å². The average molecular weight is 226 g/mol. The molecule has 1 saturated heterocycles. The third-order valence-corrected chi connectivity index (χ3v) is 4.08. The second-order valence-electron chi connectivity index (χ2n) is 5.51. The number of ether oxygens (including phenoxy) is 1. The molecule has 3 heteroatoms. The van der Waals surface area contributed by atoms with E-state index >= 15 is 0 Å². The number of nitrogens with two attached hydrogens (primary N) is 1. The van der Waals surface area contributed by atoms with Crippen LogP contribution in [0.1, 0.15) is 44.9 Å². The smallest absolute Gasteiger partial charge is 0.0702 e. The Labute approximate surface area is 99.3 Å². The lowest BCUT2D eigenvalue weighted by molar-refractivity contribution is -0.0114. The Kier molecular flexibility index (Phi) is 4.62. The summed E-state index contributed by atoms with van der Waals surface area (Å²) < 4.78 is 5.79. The lowest BCUT2D eigenvalue weighted by Gasteiger charge is -2.36. The van der Waals surface area contributed by atoms with Crippen molar-refractivity contribution < 1.29 is 4.74 Å². The highest BCUT2D eigenvalue weighted by atomic mass is 16.5. The van der Waals surface area contributed by atoms with Crippen LogP contribution in [0.5, 0.6) is 0 Å². The van der Waals surface area contributed by atoms with Gasteiger partial charge in [-0.2, -0.15) is 0 Å². The van der Waals surface area contributed by atoms with Crippen LogP contribution >= 0.6 is 0 Å². The van der Waals surface area contributed by atoms with Crippen LogP contribution < -0.4 is 5.73 Å². The standard InChI is InChI=1S/C13H26N2O/c1-15(10-13-7-2-3-8-16-13)12-6-4-5-11(14)9-12/h11-13H,2-10,14H2,1H3. The second kappa shape index (κ2) is 5.99.